The molecule has 6 nitrogen and oxygen atoms in total. The molecule has 0 saturated carbocycles. The summed E-state index contributed by atoms with van der Waals surface area (Å²) in [5.74, 6) is -1.30. The second kappa shape index (κ2) is 7.60. The Morgan fingerprint density at radius 2 is 2.05 bits per heavy atom. The molecule has 0 aliphatic rings. The average Bonchev–Trinajstić information content (AvgIpc) is 2.36. The van der Waals surface area contributed by atoms with E-state index < -0.39 is 18.1 Å². The van der Waals surface area contributed by atoms with Crippen molar-refractivity contribution in [2.45, 2.75) is 19.1 Å². The third kappa shape index (κ3) is 6.08. The molecule has 0 aliphatic carbocycles. The van der Waals surface area contributed by atoms with E-state index in [1.54, 1.807) is 18.2 Å². The lowest BCUT2D eigenvalue weighted by molar-refractivity contribution is -0.146. The van der Waals surface area contributed by atoms with E-state index >= 15 is 0 Å². The first-order valence-electron chi connectivity index (χ1n) is 5.66. The molecule has 0 fully saturated rings. The van der Waals surface area contributed by atoms with Crippen LogP contribution in [0.15, 0.2) is 24.3 Å². The monoisotopic (exact) mass is 286 g/mol. The lowest BCUT2D eigenvalue weighted by Gasteiger charge is -2.09. The molecule has 1 aromatic carbocycles. The average molecular weight is 287 g/mol. The van der Waals surface area contributed by atoms with Gasteiger partial charge in [0.05, 0.1) is 0 Å². The molecule has 0 spiro atoms. The number of hydrogen-bond acceptors (Lipinski definition) is 3. The summed E-state index contributed by atoms with van der Waals surface area (Å²) in [6.07, 6.45) is -1.51. The van der Waals surface area contributed by atoms with E-state index in [0.717, 1.165) is 5.56 Å². The van der Waals surface area contributed by atoms with Gasteiger partial charge in [0.2, 0.25) is 0 Å². The number of aliphatic hydroxyl groups excluding tert-OH is 1. The molecule has 1 atom stereocenters. The summed E-state index contributed by atoms with van der Waals surface area (Å²) in [6.45, 7) is 0.392. The maximum absolute atomic E-state index is 11.4. The molecule has 7 heteroatoms. The number of carbonyl (C=O) groups excluding carboxylic acids is 1. The highest BCUT2D eigenvalue weighted by molar-refractivity contribution is 6.30. The molecule has 0 unspecified atom stereocenters. The number of carboxylic acid groups (broad SMARTS) is 1. The van der Waals surface area contributed by atoms with Gasteiger partial charge in [-0.1, -0.05) is 23.7 Å². The zero-order chi connectivity index (χ0) is 14.3. The van der Waals surface area contributed by atoms with Crippen molar-refractivity contribution in [2.75, 3.05) is 6.54 Å². The van der Waals surface area contributed by atoms with Crippen LogP contribution in [0.3, 0.4) is 0 Å². The second-order valence-electron chi connectivity index (χ2n) is 3.88. The summed E-state index contributed by atoms with van der Waals surface area (Å²) in [5, 5.41) is 23.1. The van der Waals surface area contributed by atoms with Gasteiger partial charge >= 0.3 is 12.0 Å². The number of halogens is 1. The maximum atomic E-state index is 11.4. The molecule has 0 heterocycles. The topological polar surface area (TPSA) is 98.7 Å². The smallest absolute Gasteiger partial charge is 0.332 e. The molecule has 0 aromatic heterocycles. The van der Waals surface area contributed by atoms with Gasteiger partial charge in [0.15, 0.2) is 6.10 Å². The fraction of sp³-hybridized carbons (Fsp3) is 0.333. The van der Waals surface area contributed by atoms with Crippen molar-refractivity contribution >= 4 is 23.6 Å². The molecule has 0 saturated heterocycles. The number of hydrogen-bond donors (Lipinski definition) is 4. The minimum Gasteiger partial charge on any atom is -0.479 e. The van der Waals surface area contributed by atoms with E-state index in [2.05, 4.69) is 10.6 Å². The van der Waals surface area contributed by atoms with Crippen molar-refractivity contribution in [3.8, 4) is 0 Å². The molecule has 1 rings (SSSR count). The van der Waals surface area contributed by atoms with E-state index in [0.29, 0.717) is 11.6 Å². The van der Waals surface area contributed by atoms with E-state index in [1.807, 2.05) is 6.07 Å². The Bertz CT molecular complexity index is 453. The Hall–Kier alpha value is -1.79. The van der Waals surface area contributed by atoms with Gasteiger partial charge < -0.3 is 20.8 Å². The number of aliphatic carboxylic acids is 1. The molecule has 1 aromatic rings. The normalized spacial score (nSPS) is 11.7. The standard InChI is InChI=1S/C12H15ClN2O4/c13-9-3-1-2-8(6-9)7-15-12(19)14-5-4-10(16)11(17)18/h1-3,6,10,16H,4-5,7H2,(H,17,18)(H2,14,15,19)/t10-/m0/s1. The van der Waals surface area contributed by atoms with Gasteiger partial charge in [0.1, 0.15) is 0 Å². The van der Waals surface area contributed by atoms with Crippen LogP contribution < -0.4 is 10.6 Å². The van der Waals surface area contributed by atoms with E-state index in [-0.39, 0.29) is 13.0 Å². The van der Waals surface area contributed by atoms with Gasteiger partial charge in [0.25, 0.3) is 0 Å². The Kier molecular flexibility index (Phi) is 6.11. The molecule has 104 valence electrons. The number of benzene rings is 1. The van der Waals surface area contributed by atoms with Crippen molar-refractivity contribution in [3.63, 3.8) is 0 Å². The van der Waals surface area contributed by atoms with Gasteiger partial charge in [-0.25, -0.2) is 9.59 Å². The minimum atomic E-state index is -1.46. The summed E-state index contributed by atoms with van der Waals surface area (Å²) >= 11 is 5.80. The predicted octanol–water partition coefficient (Wildman–Crippen LogP) is 0.975. The van der Waals surface area contributed by atoms with Crippen LogP contribution in [-0.2, 0) is 11.3 Å². The van der Waals surface area contributed by atoms with Gasteiger partial charge in [-0.05, 0) is 17.7 Å². The quantitative estimate of drug-likeness (QED) is 0.626. The Labute approximate surface area is 115 Å². The maximum Gasteiger partial charge on any atom is 0.332 e. The number of aliphatic hydroxyl groups is 1. The first kappa shape index (κ1) is 15.3. The Morgan fingerprint density at radius 3 is 2.68 bits per heavy atom. The summed E-state index contributed by atoms with van der Waals surface area (Å²) in [7, 11) is 0. The molecule has 4 N–H and O–H groups in total. The molecule has 2 amide bonds. The van der Waals surface area contributed by atoms with Crippen LogP contribution in [0.25, 0.3) is 0 Å². The fourth-order valence-electron chi connectivity index (χ4n) is 1.34. The number of urea groups is 1. The predicted molar refractivity (Wildman–Crippen MR) is 70.0 cm³/mol. The molecule has 0 radical (unpaired) electrons. The molecule has 0 aliphatic heterocycles. The van der Waals surface area contributed by atoms with Crippen molar-refractivity contribution in [3.05, 3.63) is 34.9 Å². The van der Waals surface area contributed by atoms with Crippen LogP contribution in [-0.4, -0.2) is 34.9 Å². The Balaban J connectivity index is 2.23. The van der Waals surface area contributed by atoms with Crippen LogP contribution in [0.5, 0.6) is 0 Å². The fourth-order valence-corrected chi connectivity index (χ4v) is 1.55. The summed E-state index contributed by atoms with van der Waals surface area (Å²) < 4.78 is 0. The number of nitrogens with one attached hydrogen (secondary N) is 2. The largest absolute Gasteiger partial charge is 0.479 e. The summed E-state index contributed by atoms with van der Waals surface area (Å²) in [5.41, 5.74) is 0.855. The SMILES string of the molecule is O=C(NCC[C@H](O)C(=O)O)NCc1cccc(Cl)c1. The molecule has 0 bridgehead atoms. The van der Waals surface area contributed by atoms with Gasteiger partial charge in [0, 0.05) is 24.5 Å². The van der Waals surface area contributed by atoms with Crippen molar-refractivity contribution in [2.24, 2.45) is 0 Å². The lowest BCUT2D eigenvalue weighted by atomic mass is 10.2. The number of carbonyl (C=O) groups is 2. The number of amides is 2. The molecule has 19 heavy (non-hydrogen) atoms. The van der Waals surface area contributed by atoms with Gasteiger partial charge in [-0.15, -0.1) is 0 Å². The van der Waals surface area contributed by atoms with Crippen molar-refractivity contribution in [1.82, 2.24) is 10.6 Å². The van der Waals surface area contributed by atoms with Crippen LogP contribution in [0, 0.1) is 0 Å². The zero-order valence-corrected chi connectivity index (χ0v) is 10.9. The van der Waals surface area contributed by atoms with E-state index in [1.165, 1.54) is 0 Å². The van der Waals surface area contributed by atoms with Gasteiger partial charge in [-0.2, -0.15) is 0 Å². The molecular weight excluding hydrogens is 272 g/mol. The van der Waals surface area contributed by atoms with Gasteiger partial charge in [-0.3, -0.25) is 0 Å². The zero-order valence-electron chi connectivity index (χ0n) is 10.1. The third-order valence-electron chi connectivity index (χ3n) is 2.33. The van der Waals surface area contributed by atoms with Crippen molar-refractivity contribution in [1.29, 1.82) is 0 Å². The Morgan fingerprint density at radius 1 is 1.32 bits per heavy atom. The molecular formula is C12H15ClN2O4. The second-order valence-corrected chi connectivity index (χ2v) is 4.32. The minimum absolute atomic E-state index is 0.0417. The highest BCUT2D eigenvalue weighted by Crippen LogP contribution is 2.10. The van der Waals surface area contributed by atoms with E-state index in [9.17, 15) is 9.59 Å². The van der Waals surface area contributed by atoms with Crippen LogP contribution in [0.4, 0.5) is 4.79 Å². The van der Waals surface area contributed by atoms with Crippen LogP contribution in [0.2, 0.25) is 5.02 Å². The summed E-state index contributed by atoms with van der Waals surface area (Å²) in [4.78, 5) is 21.7. The van der Waals surface area contributed by atoms with Crippen LogP contribution in [0.1, 0.15) is 12.0 Å². The number of rotatable bonds is 6. The highest BCUT2D eigenvalue weighted by Gasteiger charge is 2.12. The first-order valence-corrected chi connectivity index (χ1v) is 6.04. The van der Waals surface area contributed by atoms with Crippen molar-refractivity contribution < 1.29 is 19.8 Å². The lowest BCUT2D eigenvalue weighted by Crippen LogP contribution is -2.37. The highest BCUT2D eigenvalue weighted by atomic mass is 35.5. The third-order valence-corrected chi connectivity index (χ3v) is 2.57. The van der Waals surface area contributed by atoms with E-state index in [4.69, 9.17) is 21.8 Å². The summed E-state index contributed by atoms with van der Waals surface area (Å²) in [6, 6.07) is 6.63. The van der Waals surface area contributed by atoms with Crippen LogP contribution >= 0.6 is 11.6 Å². The number of carboxylic acids is 1. The first-order chi connectivity index (χ1) is 8.99.